The average molecular weight is 403 g/mol. The van der Waals surface area contributed by atoms with Gasteiger partial charge in [0, 0.05) is 17.9 Å². The highest BCUT2D eigenvalue weighted by Crippen LogP contribution is 2.21. The molecule has 2 aromatic carbocycles. The number of carbonyl (C=O) groups excluding carboxylic acids is 1. The first-order chi connectivity index (χ1) is 13.5. The summed E-state index contributed by atoms with van der Waals surface area (Å²) in [6.45, 7) is 2.30. The summed E-state index contributed by atoms with van der Waals surface area (Å²) in [5, 5.41) is 13.7. The molecular weight excluding hydrogens is 380 g/mol. The van der Waals surface area contributed by atoms with Gasteiger partial charge in [0.2, 0.25) is 5.91 Å². The molecule has 0 spiro atoms. The van der Waals surface area contributed by atoms with Gasteiger partial charge in [-0.05, 0) is 42.7 Å². The summed E-state index contributed by atoms with van der Waals surface area (Å²) in [6, 6.07) is 14.6. The van der Waals surface area contributed by atoms with E-state index in [9.17, 15) is 9.59 Å². The minimum absolute atomic E-state index is 0.0577. The van der Waals surface area contributed by atoms with Crippen LogP contribution in [0.2, 0.25) is 5.02 Å². The number of aryl methyl sites for hydroxylation is 1. The van der Waals surface area contributed by atoms with Crippen LogP contribution in [0.15, 0.2) is 53.6 Å². The topological polar surface area (TPSA) is 88.0 Å². The SMILES string of the molecule is Cc1cc(Cl)ccc1OCCCC(=O)N/N=C(\CCC(=O)O)c1ccccc1. The standard InChI is InChI=1S/C21H23ClN2O4/c1-15-14-17(22)9-11-19(15)28-13-5-8-20(25)24-23-18(10-12-21(26)27)16-6-3-2-4-7-16/h2-4,6-7,9,11,14H,5,8,10,12-13H2,1H3,(H,24,25)(H,26,27)/b23-18+. The number of hydrogen-bond acceptors (Lipinski definition) is 4. The molecule has 28 heavy (non-hydrogen) atoms. The molecule has 1 amide bonds. The average Bonchev–Trinajstić information content (AvgIpc) is 2.67. The highest BCUT2D eigenvalue weighted by atomic mass is 35.5. The van der Waals surface area contributed by atoms with Crippen molar-refractivity contribution in [3.63, 3.8) is 0 Å². The second-order valence-corrected chi connectivity index (χ2v) is 6.65. The van der Waals surface area contributed by atoms with Crippen molar-refractivity contribution in [3.05, 3.63) is 64.7 Å². The van der Waals surface area contributed by atoms with E-state index in [1.165, 1.54) is 0 Å². The van der Waals surface area contributed by atoms with Gasteiger partial charge < -0.3 is 9.84 Å². The van der Waals surface area contributed by atoms with Gasteiger partial charge in [0.1, 0.15) is 5.75 Å². The van der Waals surface area contributed by atoms with Crippen molar-refractivity contribution in [1.29, 1.82) is 0 Å². The molecule has 0 unspecified atom stereocenters. The number of amides is 1. The van der Waals surface area contributed by atoms with Crippen molar-refractivity contribution in [1.82, 2.24) is 5.43 Å². The molecular formula is C21H23ClN2O4. The van der Waals surface area contributed by atoms with E-state index in [0.29, 0.717) is 23.8 Å². The van der Waals surface area contributed by atoms with Crippen LogP contribution >= 0.6 is 11.6 Å². The zero-order valence-corrected chi connectivity index (χ0v) is 16.4. The molecule has 0 aliphatic carbocycles. The fraction of sp³-hybridized carbons (Fsp3) is 0.286. The number of carboxylic acids is 1. The highest BCUT2D eigenvalue weighted by Gasteiger charge is 2.08. The van der Waals surface area contributed by atoms with Crippen LogP contribution in [-0.2, 0) is 9.59 Å². The van der Waals surface area contributed by atoms with Gasteiger partial charge in [0.15, 0.2) is 0 Å². The predicted octanol–water partition coefficient (Wildman–Crippen LogP) is 4.19. The maximum Gasteiger partial charge on any atom is 0.303 e. The third kappa shape index (κ3) is 7.40. The van der Waals surface area contributed by atoms with Gasteiger partial charge in [-0.1, -0.05) is 41.9 Å². The summed E-state index contributed by atoms with van der Waals surface area (Å²) < 4.78 is 5.66. The molecule has 0 saturated carbocycles. The smallest absolute Gasteiger partial charge is 0.303 e. The number of aliphatic carboxylic acids is 1. The Kier molecular flexibility index (Phi) is 8.49. The number of nitrogens with zero attached hydrogens (tertiary/aromatic N) is 1. The molecule has 6 nitrogen and oxygen atoms in total. The predicted molar refractivity (Wildman–Crippen MR) is 109 cm³/mol. The fourth-order valence-corrected chi connectivity index (χ4v) is 2.72. The monoisotopic (exact) mass is 402 g/mol. The number of carbonyl (C=O) groups is 2. The van der Waals surface area contributed by atoms with E-state index in [4.69, 9.17) is 21.4 Å². The van der Waals surface area contributed by atoms with Crippen LogP contribution in [0.1, 0.15) is 36.8 Å². The molecule has 0 fully saturated rings. The van der Waals surface area contributed by atoms with Crippen LogP contribution in [0, 0.1) is 6.92 Å². The summed E-state index contributed by atoms with van der Waals surface area (Å²) in [5.41, 5.74) is 4.76. The van der Waals surface area contributed by atoms with E-state index >= 15 is 0 Å². The Hall–Kier alpha value is -2.86. The van der Waals surface area contributed by atoms with E-state index in [0.717, 1.165) is 16.9 Å². The largest absolute Gasteiger partial charge is 0.493 e. The van der Waals surface area contributed by atoms with Crippen LogP contribution < -0.4 is 10.2 Å². The zero-order valence-electron chi connectivity index (χ0n) is 15.7. The summed E-state index contributed by atoms with van der Waals surface area (Å²) >= 11 is 5.91. The first kappa shape index (κ1) is 21.4. The number of halogens is 1. The van der Waals surface area contributed by atoms with Crippen molar-refractivity contribution in [2.24, 2.45) is 5.10 Å². The lowest BCUT2D eigenvalue weighted by atomic mass is 10.1. The second kappa shape index (κ2) is 11.1. The third-order valence-electron chi connectivity index (χ3n) is 3.94. The van der Waals surface area contributed by atoms with Crippen molar-refractivity contribution < 1.29 is 19.4 Å². The molecule has 0 saturated heterocycles. The van der Waals surface area contributed by atoms with Crippen LogP contribution in [0.25, 0.3) is 0 Å². The Balaban J connectivity index is 1.83. The Morgan fingerprint density at radius 3 is 2.54 bits per heavy atom. The third-order valence-corrected chi connectivity index (χ3v) is 4.18. The number of nitrogens with one attached hydrogen (secondary N) is 1. The van der Waals surface area contributed by atoms with Crippen molar-refractivity contribution in [2.45, 2.75) is 32.6 Å². The highest BCUT2D eigenvalue weighted by molar-refractivity contribution is 6.30. The summed E-state index contributed by atoms with van der Waals surface area (Å²) in [6.07, 6.45) is 0.951. The van der Waals surface area contributed by atoms with Gasteiger partial charge in [0.25, 0.3) is 0 Å². The van der Waals surface area contributed by atoms with E-state index in [-0.39, 0.29) is 25.2 Å². The molecule has 7 heteroatoms. The lowest BCUT2D eigenvalue weighted by molar-refractivity contribution is -0.136. The Morgan fingerprint density at radius 2 is 1.86 bits per heavy atom. The second-order valence-electron chi connectivity index (χ2n) is 6.22. The molecule has 0 aliphatic rings. The number of rotatable bonds is 10. The van der Waals surface area contributed by atoms with Gasteiger partial charge in [-0.3, -0.25) is 9.59 Å². The quantitative estimate of drug-likeness (QED) is 0.354. The molecule has 2 N–H and O–H groups in total. The Morgan fingerprint density at radius 1 is 1.11 bits per heavy atom. The Bertz CT molecular complexity index is 838. The van der Waals surface area contributed by atoms with E-state index in [2.05, 4.69) is 10.5 Å². The van der Waals surface area contributed by atoms with Gasteiger partial charge in [-0.25, -0.2) is 5.43 Å². The molecule has 0 radical (unpaired) electrons. The van der Waals surface area contributed by atoms with Crippen molar-refractivity contribution in [2.75, 3.05) is 6.61 Å². The molecule has 0 heterocycles. The number of hydrogen-bond donors (Lipinski definition) is 2. The van der Waals surface area contributed by atoms with E-state index in [1.54, 1.807) is 12.1 Å². The normalized spacial score (nSPS) is 11.1. The van der Waals surface area contributed by atoms with Crippen molar-refractivity contribution in [3.8, 4) is 5.75 Å². The lowest BCUT2D eigenvalue weighted by Gasteiger charge is -2.09. The minimum Gasteiger partial charge on any atom is -0.493 e. The molecule has 0 aromatic heterocycles. The Labute approximate surface area is 169 Å². The maximum absolute atomic E-state index is 12.0. The van der Waals surface area contributed by atoms with Gasteiger partial charge in [-0.2, -0.15) is 5.10 Å². The molecule has 0 bridgehead atoms. The fourth-order valence-electron chi connectivity index (χ4n) is 2.50. The number of hydrazone groups is 1. The van der Waals surface area contributed by atoms with Gasteiger partial charge in [-0.15, -0.1) is 0 Å². The minimum atomic E-state index is -0.912. The van der Waals surface area contributed by atoms with Crippen LogP contribution in [0.3, 0.4) is 0 Å². The molecule has 2 aromatic rings. The van der Waals surface area contributed by atoms with Crippen molar-refractivity contribution >= 4 is 29.2 Å². The first-order valence-corrected chi connectivity index (χ1v) is 9.35. The lowest BCUT2D eigenvalue weighted by Crippen LogP contribution is -2.21. The molecule has 2 rings (SSSR count). The summed E-state index contributed by atoms with van der Waals surface area (Å²) in [5.74, 6) is -0.423. The van der Waals surface area contributed by atoms with Crippen LogP contribution in [0.5, 0.6) is 5.75 Å². The molecule has 0 aliphatic heterocycles. The number of carboxylic acid groups (broad SMARTS) is 1. The number of benzene rings is 2. The summed E-state index contributed by atoms with van der Waals surface area (Å²) in [7, 11) is 0. The van der Waals surface area contributed by atoms with Gasteiger partial charge in [0.05, 0.1) is 18.7 Å². The first-order valence-electron chi connectivity index (χ1n) is 8.97. The molecule has 148 valence electrons. The molecule has 0 atom stereocenters. The zero-order chi connectivity index (χ0) is 20.4. The summed E-state index contributed by atoms with van der Waals surface area (Å²) in [4.78, 5) is 22.9. The van der Waals surface area contributed by atoms with E-state index in [1.807, 2.05) is 43.3 Å². The van der Waals surface area contributed by atoms with Crippen LogP contribution in [-0.4, -0.2) is 29.3 Å². The number of ether oxygens (including phenoxy) is 1. The van der Waals surface area contributed by atoms with Gasteiger partial charge >= 0.3 is 5.97 Å². The van der Waals surface area contributed by atoms with E-state index < -0.39 is 5.97 Å². The van der Waals surface area contributed by atoms with Crippen LogP contribution in [0.4, 0.5) is 0 Å². The maximum atomic E-state index is 12.0.